The van der Waals surface area contributed by atoms with Gasteiger partial charge < -0.3 is 5.32 Å². The molecular weight excluding hydrogens is 352 g/mol. The number of fused-ring (bicyclic) bond motifs is 1. The number of nitriles is 2. The molecular formula is C20H12N8. The summed E-state index contributed by atoms with van der Waals surface area (Å²) in [5, 5.41) is 33.7. The van der Waals surface area contributed by atoms with Gasteiger partial charge in [-0.3, -0.25) is 4.98 Å². The molecule has 8 heteroatoms. The van der Waals surface area contributed by atoms with Gasteiger partial charge in [-0.25, -0.2) is 0 Å². The Morgan fingerprint density at radius 2 is 1.79 bits per heavy atom. The van der Waals surface area contributed by atoms with Crippen molar-refractivity contribution in [2.75, 3.05) is 5.32 Å². The summed E-state index contributed by atoms with van der Waals surface area (Å²) >= 11 is 0. The summed E-state index contributed by atoms with van der Waals surface area (Å²) < 4.78 is 1.69. The Labute approximate surface area is 160 Å². The normalized spacial score (nSPS) is 10.1. The molecule has 0 aliphatic carbocycles. The van der Waals surface area contributed by atoms with E-state index in [4.69, 9.17) is 10.5 Å². The third-order valence-corrected chi connectivity index (χ3v) is 3.98. The van der Waals surface area contributed by atoms with Gasteiger partial charge in [0.15, 0.2) is 11.5 Å². The molecule has 4 aromatic rings. The van der Waals surface area contributed by atoms with Crippen molar-refractivity contribution in [3.8, 4) is 34.8 Å². The van der Waals surface area contributed by atoms with Gasteiger partial charge in [0, 0.05) is 35.4 Å². The van der Waals surface area contributed by atoms with Gasteiger partial charge in [0.1, 0.15) is 17.7 Å². The van der Waals surface area contributed by atoms with Crippen molar-refractivity contribution < 1.29 is 0 Å². The number of pyridine rings is 1. The van der Waals surface area contributed by atoms with E-state index in [1.54, 1.807) is 16.9 Å². The van der Waals surface area contributed by atoms with Gasteiger partial charge in [-0.2, -0.15) is 20.1 Å². The summed E-state index contributed by atoms with van der Waals surface area (Å²) in [5.41, 5.74) is 3.84. The zero-order valence-electron chi connectivity index (χ0n) is 14.5. The van der Waals surface area contributed by atoms with Crippen LogP contribution in [0.4, 0.5) is 5.69 Å². The van der Waals surface area contributed by atoms with E-state index in [0.717, 1.165) is 22.5 Å². The fourth-order valence-corrected chi connectivity index (χ4v) is 2.64. The summed E-state index contributed by atoms with van der Waals surface area (Å²) in [5.74, 6) is 0.629. The van der Waals surface area contributed by atoms with E-state index in [-0.39, 0.29) is 5.57 Å². The molecule has 0 spiro atoms. The van der Waals surface area contributed by atoms with E-state index in [2.05, 4.69) is 25.6 Å². The summed E-state index contributed by atoms with van der Waals surface area (Å²) in [4.78, 5) is 4.02. The minimum Gasteiger partial charge on any atom is -0.360 e. The zero-order chi connectivity index (χ0) is 19.3. The molecule has 4 rings (SSSR count). The number of aromatic nitrogens is 5. The number of benzene rings is 1. The highest BCUT2D eigenvalue weighted by atomic mass is 15.4. The van der Waals surface area contributed by atoms with Crippen LogP contribution in [0.1, 0.15) is 0 Å². The standard InChI is InChI=1S/C20H12N8/c21-11-14(12-22)13-24-17-3-1-2-16(10-17)18-4-5-19-25-26-20(28(19)27-18)15-6-8-23-9-7-15/h1-10,13,24H. The number of anilines is 1. The first kappa shape index (κ1) is 16.9. The van der Waals surface area contributed by atoms with Crippen LogP contribution in [-0.4, -0.2) is 24.8 Å². The number of hydrogen-bond acceptors (Lipinski definition) is 7. The predicted octanol–water partition coefficient (Wildman–Crippen LogP) is 3.20. The molecule has 0 saturated heterocycles. The van der Waals surface area contributed by atoms with Crippen molar-refractivity contribution in [1.82, 2.24) is 24.8 Å². The summed E-state index contributed by atoms with van der Waals surface area (Å²) in [6, 6.07) is 18.6. The van der Waals surface area contributed by atoms with Crippen LogP contribution < -0.4 is 5.32 Å². The topological polar surface area (TPSA) is 116 Å². The molecule has 0 unspecified atom stereocenters. The highest BCUT2D eigenvalue weighted by Crippen LogP contribution is 2.23. The van der Waals surface area contributed by atoms with Gasteiger partial charge in [-0.05, 0) is 36.4 Å². The van der Waals surface area contributed by atoms with Crippen molar-refractivity contribution >= 4 is 11.3 Å². The molecule has 1 N–H and O–H groups in total. The molecule has 0 bridgehead atoms. The second kappa shape index (κ2) is 7.36. The van der Waals surface area contributed by atoms with Crippen LogP contribution in [0.25, 0.3) is 28.3 Å². The van der Waals surface area contributed by atoms with Crippen molar-refractivity contribution in [3.05, 3.63) is 72.7 Å². The van der Waals surface area contributed by atoms with Crippen LogP contribution in [0.15, 0.2) is 72.7 Å². The predicted molar refractivity (Wildman–Crippen MR) is 102 cm³/mol. The molecule has 0 atom stereocenters. The molecule has 3 aromatic heterocycles. The van der Waals surface area contributed by atoms with Crippen LogP contribution in [-0.2, 0) is 0 Å². The van der Waals surface area contributed by atoms with Crippen LogP contribution in [0.3, 0.4) is 0 Å². The Hall–Kier alpha value is -4.56. The van der Waals surface area contributed by atoms with Gasteiger partial charge in [0.2, 0.25) is 0 Å². The van der Waals surface area contributed by atoms with Crippen molar-refractivity contribution in [1.29, 1.82) is 10.5 Å². The van der Waals surface area contributed by atoms with Gasteiger partial charge in [0.25, 0.3) is 0 Å². The number of nitrogens with one attached hydrogen (secondary N) is 1. The van der Waals surface area contributed by atoms with Gasteiger partial charge in [-0.15, -0.1) is 10.2 Å². The maximum absolute atomic E-state index is 8.83. The molecule has 0 aliphatic heterocycles. The number of allylic oxidation sites excluding steroid dienone is 1. The maximum Gasteiger partial charge on any atom is 0.185 e. The summed E-state index contributed by atoms with van der Waals surface area (Å²) in [6.07, 6.45) is 4.76. The number of rotatable bonds is 4. The largest absolute Gasteiger partial charge is 0.360 e. The maximum atomic E-state index is 8.83. The molecule has 132 valence electrons. The average molecular weight is 364 g/mol. The van der Waals surface area contributed by atoms with Gasteiger partial charge in [0.05, 0.1) is 5.69 Å². The third kappa shape index (κ3) is 3.26. The first-order valence-electron chi connectivity index (χ1n) is 8.29. The number of nitrogens with zero attached hydrogens (tertiary/aromatic N) is 7. The Bertz CT molecular complexity index is 1240. The molecule has 28 heavy (non-hydrogen) atoms. The first-order valence-corrected chi connectivity index (χ1v) is 8.29. The molecule has 8 nitrogen and oxygen atoms in total. The van der Waals surface area contributed by atoms with Crippen molar-refractivity contribution in [2.45, 2.75) is 0 Å². The van der Waals surface area contributed by atoms with Gasteiger partial charge >= 0.3 is 0 Å². The lowest BCUT2D eigenvalue weighted by atomic mass is 10.1. The SMILES string of the molecule is N#CC(C#N)=CNc1cccc(-c2ccc3nnc(-c4ccncc4)n3n2)c1. The van der Waals surface area contributed by atoms with Crippen molar-refractivity contribution in [2.24, 2.45) is 0 Å². The first-order chi connectivity index (χ1) is 13.8. The second-order valence-electron chi connectivity index (χ2n) is 5.75. The Balaban J connectivity index is 1.72. The Morgan fingerprint density at radius 3 is 2.57 bits per heavy atom. The van der Waals surface area contributed by atoms with Crippen LogP contribution >= 0.6 is 0 Å². The number of hydrogen-bond donors (Lipinski definition) is 1. The second-order valence-corrected chi connectivity index (χ2v) is 5.75. The molecule has 0 aliphatic rings. The highest BCUT2D eigenvalue weighted by Gasteiger charge is 2.10. The highest BCUT2D eigenvalue weighted by molar-refractivity contribution is 5.67. The lowest BCUT2D eigenvalue weighted by molar-refractivity contribution is 0.941. The zero-order valence-corrected chi connectivity index (χ0v) is 14.5. The molecule has 0 radical (unpaired) electrons. The Kier molecular flexibility index (Phi) is 4.44. The molecule has 0 saturated carbocycles. The van der Waals surface area contributed by atoms with Crippen LogP contribution in [0.2, 0.25) is 0 Å². The van der Waals surface area contributed by atoms with E-state index in [9.17, 15) is 0 Å². The lowest BCUT2D eigenvalue weighted by Crippen LogP contribution is -1.98. The van der Waals surface area contributed by atoms with Crippen LogP contribution in [0, 0.1) is 22.7 Å². The Morgan fingerprint density at radius 1 is 0.964 bits per heavy atom. The molecule has 1 aromatic carbocycles. The fraction of sp³-hybridized carbons (Fsp3) is 0. The smallest absolute Gasteiger partial charge is 0.185 e. The molecule has 0 fully saturated rings. The minimum absolute atomic E-state index is 0.00331. The van der Waals surface area contributed by atoms with E-state index in [1.165, 1.54) is 6.20 Å². The van der Waals surface area contributed by atoms with Gasteiger partial charge in [-0.1, -0.05) is 12.1 Å². The van der Waals surface area contributed by atoms with Crippen LogP contribution in [0.5, 0.6) is 0 Å². The third-order valence-electron chi connectivity index (χ3n) is 3.98. The molecule has 0 amide bonds. The van der Waals surface area contributed by atoms with E-state index in [0.29, 0.717) is 11.5 Å². The van der Waals surface area contributed by atoms with E-state index >= 15 is 0 Å². The fourth-order valence-electron chi connectivity index (χ4n) is 2.64. The molecule has 3 heterocycles. The quantitative estimate of drug-likeness (QED) is 0.553. The average Bonchev–Trinajstić information content (AvgIpc) is 3.18. The monoisotopic (exact) mass is 364 g/mol. The lowest BCUT2D eigenvalue weighted by Gasteiger charge is -2.06. The minimum atomic E-state index is -0.00331. The van der Waals surface area contributed by atoms with E-state index in [1.807, 2.05) is 60.7 Å². The summed E-state index contributed by atoms with van der Waals surface area (Å²) in [7, 11) is 0. The van der Waals surface area contributed by atoms with Crippen molar-refractivity contribution in [3.63, 3.8) is 0 Å². The van der Waals surface area contributed by atoms with E-state index < -0.39 is 0 Å². The summed E-state index contributed by atoms with van der Waals surface area (Å²) in [6.45, 7) is 0.